The molecular formula is C24H28N4O3S. The fourth-order valence-electron chi connectivity index (χ4n) is 3.11. The molecule has 0 atom stereocenters. The molecule has 0 aliphatic heterocycles. The first-order valence-corrected chi connectivity index (χ1v) is 11.6. The number of rotatable bonds is 10. The van der Waals surface area contributed by atoms with Gasteiger partial charge in [-0.25, -0.2) is 0 Å². The van der Waals surface area contributed by atoms with Gasteiger partial charge >= 0.3 is 5.97 Å². The van der Waals surface area contributed by atoms with Crippen LogP contribution in [0.4, 0.5) is 0 Å². The van der Waals surface area contributed by atoms with Crippen molar-refractivity contribution in [3.05, 3.63) is 59.7 Å². The Balaban J connectivity index is 1.71. The second-order valence-electron chi connectivity index (χ2n) is 7.32. The Kier molecular flexibility index (Phi) is 8.44. The van der Waals surface area contributed by atoms with E-state index in [1.54, 1.807) is 6.92 Å². The van der Waals surface area contributed by atoms with Gasteiger partial charge in [-0.15, -0.1) is 10.2 Å². The summed E-state index contributed by atoms with van der Waals surface area (Å²) in [6.07, 6.45) is 0.842. The number of carbonyl (C=O) groups is 2. The minimum Gasteiger partial charge on any atom is -0.466 e. The van der Waals surface area contributed by atoms with E-state index < -0.39 is 0 Å². The molecule has 1 aromatic heterocycles. The molecule has 3 rings (SSSR count). The highest BCUT2D eigenvalue weighted by molar-refractivity contribution is 7.99. The molecule has 0 fully saturated rings. The summed E-state index contributed by atoms with van der Waals surface area (Å²) in [6.45, 7) is 6.72. The molecule has 32 heavy (non-hydrogen) atoms. The molecule has 0 spiro atoms. The third-order valence-corrected chi connectivity index (χ3v) is 5.86. The number of nitrogens with zero attached hydrogens (tertiary/aromatic N) is 3. The number of nitrogens with one attached hydrogen (secondary N) is 1. The maximum Gasteiger partial charge on any atom is 0.305 e. The van der Waals surface area contributed by atoms with Gasteiger partial charge in [-0.05, 0) is 50.5 Å². The molecule has 7 nitrogen and oxygen atoms in total. The topological polar surface area (TPSA) is 86.1 Å². The van der Waals surface area contributed by atoms with Gasteiger partial charge in [0.1, 0.15) is 0 Å². The van der Waals surface area contributed by atoms with Gasteiger partial charge < -0.3 is 10.1 Å². The van der Waals surface area contributed by atoms with Crippen LogP contribution >= 0.6 is 11.8 Å². The van der Waals surface area contributed by atoms with Crippen LogP contribution < -0.4 is 5.32 Å². The molecule has 3 aromatic rings. The van der Waals surface area contributed by atoms with Crippen LogP contribution in [-0.4, -0.2) is 45.5 Å². The molecular weight excluding hydrogens is 424 g/mol. The highest BCUT2D eigenvalue weighted by Crippen LogP contribution is 2.28. The van der Waals surface area contributed by atoms with E-state index in [-0.39, 0.29) is 17.6 Å². The number of hydrogen-bond acceptors (Lipinski definition) is 6. The lowest BCUT2D eigenvalue weighted by Gasteiger charge is -2.12. The van der Waals surface area contributed by atoms with Crippen molar-refractivity contribution in [2.75, 3.05) is 18.9 Å². The van der Waals surface area contributed by atoms with E-state index in [0.29, 0.717) is 31.1 Å². The van der Waals surface area contributed by atoms with Crippen LogP contribution in [0.2, 0.25) is 0 Å². The lowest BCUT2D eigenvalue weighted by atomic mass is 10.1. The first kappa shape index (κ1) is 23.5. The fourth-order valence-corrected chi connectivity index (χ4v) is 3.89. The largest absolute Gasteiger partial charge is 0.466 e. The van der Waals surface area contributed by atoms with E-state index in [1.807, 2.05) is 41.0 Å². The monoisotopic (exact) mass is 452 g/mol. The first-order chi connectivity index (χ1) is 15.5. The van der Waals surface area contributed by atoms with Crippen molar-refractivity contribution < 1.29 is 14.3 Å². The van der Waals surface area contributed by atoms with E-state index in [9.17, 15) is 9.59 Å². The zero-order valence-electron chi connectivity index (χ0n) is 18.6. The summed E-state index contributed by atoms with van der Waals surface area (Å²) in [5.74, 6) is 0.573. The number of esters is 1. The van der Waals surface area contributed by atoms with Crippen LogP contribution in [0.1, 0.15) is 30.9 Å². The van der Waals surface area contributed by atoms with Gasteiger partial charge in [0.2, 0.25) is 5.91 Å². The molecule has 0 saturated carbocycles. The zero-order valence-corrected chi connectivity index (χ0v) is 19.4. The first-order valence-electron chi connectivity index (χ1n) is 10.6. The molecule has 168 valence electrons. The Hall–Kier alpha value is -3.13. The number of aryl methyl sites for hydroxylation is 2. The van der Waals surface area contributed by atoms with Crippen LogP contribution in [0.3, 0.4) is 0 Å². The van der Waals surface area contributed by atoms with Gasteiger partial charge in [0.05, 0.1) is 18.0 Å². The summed E-state index contributed by atoms with van der Waals surface area (Å²) < 4.78 is 6.88. The second kappa shape index (κ2) is 11.5. The molecule has 0 bridgehead atoms. The van der Waals surface area contributed by atoms with Crippen molar-refractivity contribution in [3.8, 4) is 17.1 Å². The maximum atomic E-state index is 12.3. The molecule has 0 aliphatic rings. The number of carbonyl (C=O) groups excluding carboxylic acids is 2. The van der Waals surface area contributed by atoms with E-state index in [4.69, 9.17) is 4.74 Å². The molecule has 0 aliphatic carbocycles. The van der Waals surface area contributed by atoms with Crippen molar-refractivity contribution in [2.45, 2.75) is 38.8 Å². The standard InChI is InChI=1S/C24H28N4O3S/c1-4-31-22(30)11-8-14-25-21(29)16-32-24-27-26-23(19-9-6-5-7-10-19)28(24)20-13-12-17(2)18(3)15-20/h5-7,9-10,12-13,15H,4,8,11,14,16H2,1-3H3,(H,25,29). The number of hydrogen-bond donors (Lipinski definition) is 1. The normalized spacial score (nSPS) is 10.7. The molecule has 1 N–H and O–H groups in total. The van der Waals surface area contributed by atoms with Crippen molar-refractivity contribution in [1.82, 2.24) is 20.1 Å². The van der Waals surface area contributed by atoms with Gasteiger partial charge in [-0.2, -0.15) is 0 Å². The van der Waals surface area contributed by atoms with E-state index in [1.165, 1.54) is 22.9 Å². The molecule has 1 amide bonds. The van der Waals surface area contributed by atoms with Gasteiger partial charge in [-0.1, -0.05) is 48.2 Å². The highest BCUT2D eigenvalue weighted by atomic mass is 32.2. The van der Waals surface area contributed by atoms with Crippen molar-refractivity contribution in [3.63, 3.8) is 0 Å². The molecule has 0 radical (unpaired) electrons. The number of thioether (sulfide) groups is 1. The van der Waals surface area contributed by atoms with Crippen molar-refractivity contribution >= 4 is 23.6 Å². The summed E-state index contributed by atoms with van der Waals surface area (Å²) >= 11 is 1.33. The van der Waals surface area contributed by atoms with Crippen LogP contribution in [0, 0.1) is 13.8 Å². The van der Waals surface area contributed by atoms with Gasteiger partial charge in [0.25, 0.3) is 0 Å². The van der Waals surface area contributed by atoms with Crippen LogP contribution in [0.15, 0.2) is 53.7 Å². The van der Waals surface area contributed by atoms with E-state index in [2.05, 4.69) is 41.5 Å². The Morgan fingerprint density at radius 1 is 1.06 bits per heavy atom. The lowest BCUT2D eigenvalue weighted by Crippen LogP contribution is -2.26. The lowest BCUT2D eigenvalue weighted by molar-refractivity contribution is -0.143. The molecule has 8 heteroatoms. The Bertz CT molecular complexity index is 1070. The highest BCUT2D eigenvalue weighted by Gasteiger charge is 2.17. The van der Waals surface area contributed by atoms with Crippen LogP contribution in [-0.2, 0) is 14.3 Å². The number of aromatic nitrogens is 3. The predicted octanol–water partition coefficient (Wildman–Crippen LogP) is 4.10. The molecule has 2 aromatic carbocycles. The van der Waals surface area contributed by atoms with E-state index >= 15 is 0 Å². The second-order valence-corrected chi connectivity index (χ2v) is 8.27. The Morgan fingerprint density at radius 2 is 1.84 bits per heavy atom. The van der Waals surface area contributed by atoms with Gasteiger partial charge in [0, 0.05) is 18.5 Å². The smallest absolute Gasteiger partial charge is 0.305 e. The van der Waals surface area contributed by atoms with Gasteiger partial charge in [-0.3, -0.25) is 14.2 Å². The summed E-state index contributed by atoms with van der Waals surface area (Å²) in [5, 5.41) is 12.3. The Labute approximate surface area is 192 Å². The molecule has 0 unspecified atom stereocenters. The zero-order chi connectivity index (χ0) is 22.9. The van der Waals surface area contributed by atoms with Crippen LogP contribution in [0.5, 0.6) is 0 Å². The molecule has 0 saturated heterocycles. The van der Waals surface area contributed by atoms with Crippen molar-refractivity contribution in [1.29, 1.82) is 0 Å². The minimum atomic E-state index is -0.244. The quantitative estimate of drug-likeness (QED) is 0.283. The number of benzene rings is 2. The number of amides is 1. The average Bonchev–Trinajstić information content (AvgIpc) is 3.22. The minimum absolute atomic E-state index is 0.116. The average molecular weight is 453 g/mol. The fraction of sp³-hybridized carbons (Fsp3) is 0.333. The van der Waals surface area contributed by atoms with Crippen molar-refractivity contribution in [2.24, 2.45) is 0 Å². The SMILES string of the molecule is CCOC(=O)CCCNC(=O)CSc1nnc(-c2ccccc2)n1-c1ccc(C)c(C)c1. The molecule has 1 heterocycles. The summed E-state index contributed by atoms with van der Waals surface area (Å²) in [6, 6.07) is 16.1. The Morgan fingerprint density at radius 3 is 2.56 bits per heavy atom. The predicted molar refractivity (Wildman–Crippen MR) is 126 cm³/mol. The van der Waals surface area contributed by atoms with Gasteiger partial charge in [0.15, 0.2) is 11.0 Å². The van der Waals surface area contributed by atoms with Crippen LogP contribution in [0.25, 0.3) is 17.1 Å². The number of ether oxygens (including phenoxy) is 1. The summed E-state index contributed by atoms with van der Waals surface area (Å²) in [7, 11) is 0. The summed E-state index contributed by atoms with van der Waals surface area (Å²) in [5.41, 5.74) is 4.28. The summed E-state index contributed by atoms with van der Waals surface area (Å²) in [4.78, 5) is 23.7. The third-order valence-electron chi connectivity index (χ3n) is 4.93. The maximum absolute atomic E-state index is 12.3. The van der Waals surface area contributed by atoms with E-state index in [0.717, 1.165) is 17.1 Å². The third kappa shape index (κ3) is 6.20.